The summed E-state index contributed by atoms with van der Waals surface area (Å²) >= 11 is 0. The van der Waals surface area contributed by atoms with Crippen LogP contribution in [0.1, 0.15) is 20.3 Å². The summed E-state index contributed by atoms with van der Waals surface area (Å²) in [4.78, 5) is 0. The normalized spacial score (nSPS) is 20.0. The first-order valence-electron chi connectivity index (χ1n) is 5.04. The molecule has 4 nitrogen and oxygen atoms in total. The van der Waals surface area contributed by atoms with Gasteiger partial charge in [-0.25, -0.2) is 12.7 Å². The summed E-state index contributed by atoms with van der Waals surface area (Å²) in [5.41, 5.74) is 0. The summed E-state index contributed by atoms with van der Waals surface area (Å²) < 4.78 is 24.7. The van der Waals surface area contributed by atoms with Gasteiger partial charge < -0.3 is 5.11 Å². The van der Waals surface area contributed by atoms with Crippen LogP contribution < -0.4 is 0 Å². The van der Waals surface area contributed by atoms with Gasteiger partial charge in [-0.05, 0) is 12.3 Å². The molecule has 0 amide bonds. The molecule has 84 valence electrons. The molecule has 0 atom stereocenters. The van der Waals surface area contributed by atoms with E-state index in [2.05, 4.69) is 0 Å². The summed E-state index contributed by atoms with van der Waals surface area (Å²) in [5, 5.41) is 8.77. The highest BCUT2D eigenvalue weighted by molar-refractivity contribution is 7.89. The lowest BCUT2D eigenvalue weighted by Crippen LogP contribution is -2.51. The average molecular weight is 221 g/mol. The number of rotatable bonds is 5. The third-order valence-electron chi connectivity index (χ3n) is 2.53. The third kappa shape index (κ3) is 2.93. The van der Waals surface area contributed by atoms with E-state index in [0.29, 0.717) is 25.4 Å². The van der Waals surface area contributed by atoms with Crippen molar-refractivity contribution >= 4 is 10.0 Å². The summed E-state index contributed by atoms with van der Waals surface area (Å²) in [6.45, 7) is 5.12. The number of sulfonamides is 1. The number of aliphatic hydroxyl groups is 1. The van der Waals surface area contributed by atoms with Crippen LogP contribution in [0.25, 0.3) is 0 Å². The van der Waals surface area contributed by atoms with Crippen molar-refractivity contribution in [2.75, 3.05) is 25.4 Å². The number of hydrogen-bond acceptors (Lipinski definition) is 3. The Hall–Kier alpha value is -0.130. The van der Waals surface area contributed by atoms with Gasteiger partial charge in [-0.3, -0.25) is 0 Å². The van der Waals surface area contributed by atoms with Gasteiger partial charge in [0, 0.05) is 25.6 Å². The average Bonchev–Trinajstić information content (AvgIpc) is 1.99. The van der Waals surface area contributed by atoms with Crippen LogP contribution in [0.2, 0.25) is 0 Å². The van der Waals surface area contributed by atoms with Crippen molar-refractivity contribution in [3.05, 3.63) is 0 Å². The molecule has 1 saturated heterocycles. The van der Waals surface area contributed by atoms with Crippen molar-refractivity contribution in [1.82, 2.24) is 4.31 Å². The Morgan fingerprint density at radius 2 is 2.00 bits per heavy atom. The van der Waals surface area contributed by atoms with Crippen LogP contribution in [0.3, 0.4) is 0 Å². The zero-order valence-electron chi connectivity index (χ0n) is 8.81. The topological polar surface area (TPSA) is 57.6 Å². The van der Waals surface area contributed by atoms with E-state index in [9.17, 15) is 8.42 Å². The lowest BCUT2D eigenvalue weighted by molar-refractivity contribution is 0.117. The van der Waals surface area contributed by atoms with Gasteiger partial charge in [-0.15, -0.1) is 0 Å². The van der Waals surface area contributed by atoms with Crippen molar-refractivity contribution in [2.45, 2.75) is 20.3 Å². The molecule has 0 bridgehead atoms. The lowest BCUT2D eigenvalue weighted by atomic mass is 10.1. The van der Waals surface area contributed by atoms with E-state index in [-0.39, 0.29) is 18.3 Å². The smallest absolute Gasteiger partial charge is 0.214 e. The largest absolute Gasteiger partial charge is 0.396 e. The summed E-state index contributed by atoms with van der Waals surface area (Å²) in [6.07, 6.45) is 0.711. The van der Waals surface area contributed by atoms with E-state index >= 15 is 0 Å². The van der Waals surface area contributed by atoms with Crippen LogP contribution in [0.4, 0.5) is 0 Å². The minimum absolute atomic E-state index is 0.0935. The second-order valence-electron chi connectivity index (χ2n) is 4.36. The van der Waals surface area contributed by atoms with Crippen molar-refractivity contribution in [3.63, 3.8) is 0 Å². The molecule has 0 saturated carbocycles. The zero-order chi connectivity index (χ0) is 10.8. The van der Waals surface area contributed by atoms with E-state index in [4.69, 9.17) is 5.11 Å². The maximum absolute atomic E-state index is 11.6. The minimum Gasteiger partial charge on any atom is -0.396 e. The highest BCUT2D eigenvalue weighted by Crippen LogP contribution is 2.20. The molecular formula is C9H19NO3S. The van der Waals surface area contributed by atoms with E-state index in [1.165, 1.54) is 4.31 Å². The monoisotopic (exact) mass is 221 g/mol. The molecule has 1 fully saturated rings. The van der Waals surface area contributed by atoms with Gasteiger partial charge in [0.15, 0.2) is 0 Å². The lowest BCUT2D eigenvalue weighted by Gasteiger charge is -2.37. The van der Waals surface area contributed by atoms with E-state index in [1.54, 1.807) is 0 Å². The van der Waals surface area contributed by atoms with Crippen molar-refractivity contribution in [3.8, 4) is 0 Å². The van der Waals surface area contributed by atoms with E-state index in [1.807, 2.05) is 13.8 Å². The molecule has 0 aromatic heterocycles. The highest BCUT2D eigenvalue weighted by atomic mass is 32.2. The molecule has 1 N–H and O–H groups in total. The van der Waals surface area contributed by atoms with Crippen LogP contribution in [0.15, 0.2) is 0 Å². The first-order valence-corrected chi connectivity index (χ1v) is 6.65. The Balaban J connectivity index is 2.36. The van der Waals surface area contributed by atoms with Gasteiger partial charge in [-0.2, -0.15) is 0 Å². The predicted molar refractivity (Wildman–Crippen MR) is 55.4 cm³/mol. The molecule has 0 unspecified atom stereocenters. The van der Waals surface area contributed by atoms with Gasteiger partial charge in [-0.1, -0.05) is 13.8 Å². The molecular weight excluding hydrogens is 202 g/mol. The quantitative estimate of drug-likeness (QED) is 0.726. The standard InChI is InChI=1S/C9H19NO3S/c1-8(2)3-4-14(12,13)10-5-9(6-10)7-11/h8-9,11H,3-7H2,1-2H3. The molecule has 0 aliphatic carbocycles. The molecule has 0 aromatic carbocycles. The fourth-order valence-electron chi connectivity index (χ4n) is 1.38. The van der Waals surface area contributed by atoms with Gasteiger partial charge >= 0.3 is 0 Å². The Morgan fingerprint density at radius 1 is 1.43 bits per heavy atom. The van der Waals surface area contributed by atoms with Crippen LogP contribution in [0.5, 0.6) is 0 Å². The van der Waals surface area contributed by atoms with Crippen LogP contribution in [0, 0.1) is 11.8 Å². The Bertz CT molecular complexity index is 268. The summed E-state index contributed by atoms with van der Waals surface area (Å²) in [7, 11) is -3.04. The maximum Gasteiger partial charge on any atom is 0.214 e. The molecule has 1 aliphatic rings. The minimum atomic E-state index is -3.04. The molecule has 0 aromatic rings. The number of hydrogen-bond donors (Lipinski definition) is 1. The zero-order valence-corrected chi connectivity index (χ0v) is 9.63. The van der Waals surface area contributed by atoms with Crippen LogP contribution in [-0.4, -0.2) is 43.3 Å². The van der Waals surface area contributed by atoms with Gasteiger partial charge in [0.2, 0.25) is 10.0 Å². The van der Waals surface area contributed by atoms with Crippen molar-refractivity contribution in [2.24, 2.45) is 11.8 Å². The molecule has 1 heterocycles. The molecule has 0 radical (unpaired) electrons. The van der Waals surface area contributed by atoms with Gasteiger partial charge in [0.1, 0.15) is 0 Å². The van der Waals surface area contributed by atoms with E-state index in [0.717, 1.165) is 0 Å². The highest BCUT2D eigenvalue weighted by Gasteiger charge is 2.34. The fourth-order valence-corrected chi connectivity index (χ4v) is 3.28. The fraction of sp³-hybridized carbons (Fsp3) is 1.00. The number of nitrogens with zero attached hydrogens (tertiary/aromatic N) is 1. The van der Waals surface area contributed by atoms with Gasteiger partial charge in [0.05, 0.1) is 5.75 Å². The summed E-state index contributed by atoms with van der Waals surface area (Å²) in [6, 6.07) is 0. The maximum atomic E-state index is 11.6. The first kappa shape index (κ1) is 11.9. The second-order valence-corrected chi connectivity index (χ2v) is 6.45. The van der Waals surface area contributed by atoms with Crippen molar-refractivity contribution in [1.29, 1.82) is 0 Å². The Labute approximate surface area is 86.0 Å². The predicted octanol–water partition coefficient (Wildman–Crippen LogP) is 0.286. The number of aliphatic hydroxyl groups excluding tert-OH is 1. The van der Waals surface area contributed by atoms with Crippen LogP contribution in [-0.2, 0) is 10.0 Å². The third-order valence-corrected chi connectivity index (χ3v) is 4.36. The van der Waals surface area contributed by atoms with Crippen LogP contribution >= 0.6 is 0 Å². The van der Waals surface area contributed by atoms with Gasteiger partial charge in [0.25, 0.3) is 0 Å². The molecule has 1 rings (SSSR count). The molecule has 14 heavy (non-hydrogen) atoms. The second kappa shape index (κ2) is 4.59. The summed E-state index contributed by atoms with van der Waals surface area (Å²) in [5.74, 6) is 0.812. The van der Waals surface area contributed by atoms with Crippen molar-refractivity contribution < 1.29 is 13.5 Å². The first-order chi connectivity index (χ1) is 6.45. The molecule has 1 aliphatic heterocycles. The van der Waals surface area contributed by atoms with E-state index < -0.39 is 10.0 Å². The molecule has 0 spiro atoms. The molecule has 5 heteroatoms. The SMILES string of the molecule is CC(C)CCS(=O)(=O)N1CC(CO)C1. The Morgan fingerprint density at radius 3 is 2.43 bits per heavy atom. The Kier molecular flexibility index (Phi) is 3.92.